The summed E-state index contributed by atoms with van der Waals surface area (Å²) in [6.45, 7) is 2.14. The molecule has 1 saturated heterocycles. The van der Waals surface area contributed by atoms with E-state index in [0.717, 1.165) is 12.8 Å². The van der Waals surface area contributed by atoms with Crippen molar-refractivity contribution in [1.29, 1.82) is 0 Å². The smallest absolute Gasteiger partial charge is 0.0584 e. The van der Waals surface area contributed by atoms with Crippen LogP contribution in [0.2, 0.25) is 0 Å². The molecule has 3 unspecified atom stereocenters. The Balaban J connectivity index is 2.35. The summed E-state index contributed by atoms with van der Waals surface area (Å²) >= 11 is 0. The van der Waals surface area contributed by atoms with Gasteiger partial charge in [0.25, 0.3) is 0 Å². The maximum Gasteiger partial charge on any atom is 0.0584 e. The van der Waals surface area contributed by atoms with E-state index in [4.69, 9.17) is 11.5 Å². The molecule has 3 atom stereocenters. The number of hydrogen-bond acceptors (Lipinski definition) is 3. The zero-order valence-electron chi connectivity index (χ0n) is 5.80. The predicted molar refractivity (Wildman–Crippen MR) is 37.5 cm³/mol. The molecule has 0 aromatic carbocycles. The molecule has 3 nitrogen and oxygen atoms in total. The lowest BCUT2D eigenvalue weighted by atomic mass is 9.97. The maximum atomic E-state index is 5.68. The van der Waals surface area contributed by atoms with E-state index < -0.39 is 0 Å². The number of hydrogen-bond donors (Lipinski definition) is 3. The topological polar surface area (TPSA) is 64.1 Å². The summed E-state index contributed by atoms with van der Waals surface area (Å²) in [4.78, 5) is 0. The SMILES string of the molecule is CC1CCC(N)NC1N. The van der Waals surface area contributed by atoms with E-state index in [1.807, 2.05) is 0 Å². The first-order chi connectivity index (χ1) is 4.20. The lowest BCUT2D eigenvalue weighted by Crippen LogP contribution is -2.55. The lowest BCUT2D eigenvalue weighted by Gasteiger charge is -2.31. The highest BCUT2D eigenvalue weighted by atomic mass is 15.1. The zero-order valence-corrected chi connectivity index (χ0v) is 5.80. The summed E-state index contributed by atoms with van der Waals surface area (Å²) in [7, 11) is 0. The van der Waals surface area contributed by atoms with Gasteiger partial charge in [0.05, 0.1) is 12.3 Å². The molecule has 1 fully saturated rings. The number of rotatable bonds is 0. The maximum absolute atomic E-state index is 5.68. The average molecular weight is 129 g/mol. The number of nitrogens with one attached hydrogen (secondary N) is 1. The van der Waals surface area contributed by atoms with Crippen LogP contribution in [0, 0.1) is 5.92 Å². The third-order valence-electron chi connectivity index (χ3n) is 1.95. The van der Waals surface area contributed by atoms with Crippen molar-refractivity contribution in [3.05, 3.63) is 0 Å². The molecular weight excluding hydrogens is 114 g/mol. The Morgan fingerprint density at radius 2 is 2.00 bits per heavy atom. The van der Waals surface area contributed by atoms with Gasteiger partial charge in [-0.05, 0) is 18.8 Å². The summed E-state index contributed by atoms with van der Waals surface area (Å²) in [5, 5.41) is 3.08. The molecule has 5 N–H and O–H groups in total. The van der Waals surface area contributed by atoms with Crippen LogP contribution in [0.1, 0.15) is 19.8 Å². The van der Waals surface area contributed by atoms with Crippen LogP contribution in [0.5, 0.6) is 0 Å². The molecule has 0 radical (unpaired) electrons. The van der Waals surface area contributed by atoms with E-state index in [-0.39, 0.29) is 12.3 Å². The predicted octanol–water partition coefficient (Wildman–Crippen LogP) is -0.424. The Labute approximate surface area is 55.8 Å². The van der Waals surface area contributed by atoms with Gasteiger partial charge in [0.1, 0.15) is 0 Å². The highest BCUT2D eigenvalue weighted by Crippen LogP contribution is 2.13. The molecule has 54 valence electrons. The molecule has 1 aliphatic rings. The molecule has 1 heterocycles. The number of piperidine rings is 1. The fourth-order valence-electron chi connectivity index (χ4n) is 1.12. The molecule has 1 aliphatic heterocycles. The molecule has 9 heavy (non-hydrogen) atoms. The molecule has 0 bridgehead atoms. The molecule has 0 aromatic rings. The van der Waals surface area contributed by atoms with Crippen LogP contribution in [-0.4, -0.2) is 12.3 Å². The van der Waals surface area contributed by atoms with Crippen molar-refractivity contribution in [3.63, 3.8) is 0 Å². The highest BCUT2D eigenvalue weighted by Gasteiger charge is 2.20. The Bertz CT molecular complexity index is 94.3. The highest BCUT2D eigenvalue weighted by molar-refractivity contribution is 4.77. The molecule has 0 aliphatic carbocycles. The van der Waals surface area contributed by atoms with Crippen LogP contribution in [-0.2, 0) is 0 Å². The first kappa shape index (κ1) is 6.99. The van der Waals surface area contributed by atoms with Crippen molar-refractivity contribution in [1.82, 2.24) is 5.32 Å². The third kappa shape index (κ3) is 1.64. The van der Waals surface area contributed by atoms with Crippen molar-refractivity contribution in [3.8, 4) is 0 Å². The average Bonchev–Trinajstić information content (AvgIpc) is 1.80. The molecule has 3 heteroatoms. The summed E-state index contributed by atoms with van der Waals surface area (Å²) in [5.41, 5.74) is 11.3. The standard InChI is InChI=1S/C6H15N3/c1-4-2-3-5(7)9-6(4)8/h4-6,9H,2-3,7-8H2,1H3. The van der Waals surface area contributed by atoms with E-state index in [1.54, 1.807) is 0 Å². The van der Waals surface area contributed by atoms with Crippen LogP contribution in [0.15, 0.2) is 0 Å². The van der Waals surface area contributed by atoms with E-state index in [2.05, 4.69) is 12.2 Å². The largest absolute Gasteiger partial charge is 0.316 e. The molecule has 0 spiro atoms. The fourth-order valence-corrected chi connectivity index (χ4v) is 1.12. The van der Waals surface area contributed by atoms with Gasteiger partial charge in [0.15, 0.2) is 0 Å². The summed E-state index contributed by atoms with van der Waals surface area (Å²) in [6.07, 6.45) is 2.43. The molecular formula is C6H15N3. The zero-order chi connectivity index (χ0) is 6.85. The molecule has 0 saturated carbocycles. The van der Waals surface area contributed by atoms with E-state index in [9.17, 15) is 0 Å². The van der Waals surface area contributed by atoms with Gasteiger partial charge in [-0.2, -0.15) is 0 Å². The number of nitrogens with two attached hydrogens (primary N) is 2. The normalized spacial score (nSPS) is 45.0. The van der Waals surface area contributed by atoms with Crippen molar-refractivity contribution >= 4 is 0 Å². The summed E-state index contributed by atoms with van der Waals surface area (Å²) < 4.78 is 0. The van der Waals surface area contributed by atoms with Gasteiger partial charge in [0, 0.05) is 0 Å². The molecule has 1 rings (SSSR count). The molecule has 0 aromatic heterocycles. The monoisotopic (exact) mass is 129 g/mol. The van der Waals surface area contributed by atoms with Gasteiger partial charge < -0.3 is 11.5 Å². The first-order valence-electron chi connectivity index (χ1n) is 3.47. The van der Waals surface area contributed by atoms with Crippen molar-refractivity contribution in [2.24, 2.45) is 17.4 Å². The molecule has 0 amide bonds. The van der Waals surface area contributed by atoms with E-state index in [1.165, 1.54) is 0 Å². The van der Waals surface area contributed by atoms with Gasteiger partial charge >= 0.3 is 0 Å². The second-order valence-electron chi connectivity index (χ2n) is 2.85. The van der Waals surface area contributed by atoms with E-state index in [0.29, 0.717) is 5.92 Å². The Kier molecular flexibility index (Phi) is 2.05. The van der Waals surface area contributed by atoms with Gasteiger partial charge in [-0.1, -0.05) is 6.92 Å². The van der Waals surface area contributed by atoms with Crippen LogP contribution in [0.25, 0.3) is 0 Å². The van der Waals surface area contributed by atoms with Crippen molar-refractivity contribution in [2.75, 3.05) is 0 Å². The van der Waals surface area contributed by atoms with Gasteiger partial charge in [-0.15, -0.1) is 0 Å². The van der Waals surface area contributed by atoms with Gasteiger partial charge in [-0.25, -0.2) is 0 Å². The second kappa shape index (κ2) is 2.64. The van der Waals surface area contributed by atoms with Crippen molar-refractivity contribution < 1.29 is 0 Å². The van der Waals surface area contributed by atoms with Crippen LogP contribution in [0.3, 0.4) is 0 Å². The fraction of sp³-hybridized carbons (Fsp3) is 1.00. The Hall–Kier alpha value is -0.120. The van der Waals surface area contributed by atoms with Gasteiger partial charge in [0.2, 0.25) is 0 Å². The summed E-state index contributed by atoms with van der Waals surface area (Å²) in [5.74, 6) is 0.574. The minimum atomic E-state index is 0.105. The minimum absolute atomic E-state index is 0.105. The van der Waals surface area contributed by atoms with Gasteiger partial charge in [-0.3, -0.25) is 5.32 Å². The first-order valence-corrected chi connectivity index (χ1v) is 3.47. The second-order valence-corrected chi connectivity index (χ2v) is 2.85. The minimum Gasteiger partial charge on any atom is -0.316 e. The van der Waals surface area contributed by atoms with Crippen LogP contribution < -0.4 is 16.8 Å². The third-order valence-corrected chi connectivity index (χ3v) is 1.95. The lowest BCUT2D eigenvalue weighted by molar-refractivity contribution is 0.253. The van der Waals surface area contributed by atoms with Crippen LogP contribution >= 0.6 is 0 Å². The van der Waals surface area contributed by atoms with E-state index >= 15 is 0 Å². The van der Waals surface area contributed by atoms with Crippen molar-refractivity contribution in [2.45, 2.75) is 32.1 Å². The Morgan fingerprint density at radius 3 is 2.44 bits per heavy atom. The van der Waals surface area contributed by atoms with Crippen LogP contribution in [0.4, 0.5) is 0 Å². The quantitative estimate of drug-likeness (QED) is 0.416. The summed E-state index contributed by atoms with van der Waals surface area (Å²) in [6, 6.07) is 0. The Morgan fingerprint density at radius 1 is 1.33 bits per heavy atom.